The molecule has 0 saturated carbocycles. The number of rotatable bonds is 8. The Morgan fingerprint density at radius 3 is 2.54 bits per heavy atom. The Morgan fingerprint density at radius 1 is 1.03 bits per heavy atom. The van der Waals surface area contributed by atoms with Crippen molar-refractivity contribution in [3.63, 3.8) is 0 Å². The van der Waals surface area contributed by atoms with Crippen LogP contribution in [0.25, 0.3) is 5.69 Å². The molecule has 1 aliphatic heterocycles. The van der Waals surface area contributed by atoms with Crippen LogP contribution in [-0.2, 0) is 16.9 Å². The van der Waals surface area contributed by atoms with Crippen molar-refractivity contribution < 1.29 is 14.3 Å². The molecule has 9 nitrogen and oxygen atoms in total. The topological polar surface area (TPSA) is 93.5 Å². The van der Waals surface area contributed by atoms with E-state index in [1.54, 1.807) is 22.1 Å². The first-order valence-corrected chi connectivity index (χ1v) is 14.8. The molecule has 0 radical (unpaired) electrons. The number of hydrogen-bond donors (Lipinski definition) is 0. The molecule has 5 rings (SSSR count). The number of aromatic nitrogens is 4. The van der Waals surface area contributed by atoms with Gasteiger partial charge in [0.1, 0.15) is 16.5 Å². The number of thioether (sulfide) groups is 1. The number of thiazole rings is 1. The van der Waals surface area contributed by atoms with Crippen LogP contribution in [0.3, 0.4) is 0 Å². The predicted octanol–water partition coefficient (Wildman–Crippen LogP) is 5.17. The molecule has 3 heterocycles. The maximum Gasteiger partial charge on any atom is 0.409 e. The lowest BCUT2D eigenvalue weighted by Gasteiger charge is -2.33. The van der Waals surface area contributed by atoms with Gasteiger partial charge in [0, 0.05) is 43.0 Å². The first-order chi connectivity index (χ1) is 19.0. The summed E-state index contributed by atoms with van der Waals surface area (Å²) in [4.78, 5) is 32.9. The van der Waals surface area contributed by atoms with Crippen molar-refractivity contribution in [1.29, 1.82) is 0 Å². The molecular weight excluding hydrogens is 556 g/mol. The molecule has 0 aliphatic carbocycles. The monoisotopic (exact) mass is 582 g/mol. The Bertz CT molecular complexity index is 1440. The maximum absolute atomic E-state index is 13.0. The fourth-order valence-corrected chi connectivity index (χ4v) is 6.17. The molecule has 2 amide bonds. The summed E-state index contributed by atoms with van der Waals surface area (Å²) < 4.78 is 7.07. The molecule has 1 saturated heterocycles. The van der Waals surface area contributed by atoms with E-state index in [0.717, 1.165) is 27.2 Å². The van der Waals surface area contributed by atoms with Crippen molar-refractivity contribution in [2.24, 2.45) is 0 Å². The molecule has 202 valence electrons. The van der Waals surface area contributed by atoms with Crippen molar-refractivity contribution in [3.05, 3.63) is 87.1 Å². The average Bonchev–Trinajstić information content (AvgIpc) is 3.59. The molecule has 0 atom stereocenters. The van der Waals surface area contributed by atoms with Crippen LogP contribution in [0.4, 0.5) is 4.79 Å². The number of ether oxygens (including phenoxy) is 1. The van der Waals surface area contributed by atoms with E-state index >= 15 is 0 Å². The summed E-state index contributed by atoms with van der Waals surface area (Å²) in [6, 6.07) is 17.8. The second kappa shape index (κ2) is 12.6. The van der Waals surface area contributed by atoms with Crippen LogP contribution in [0.15, 0.2) is 65.1 Å². The Kier molecular flexibility index (Phi) is 8.80. The molecule has 0 spiro atoms. The van der Waals surface area contributed by atoms with Crippen LogP contribution in [0.5, 0.6) is 0 Å². The lowest BCUT2D eigenvalue weighted by atomic mass is 10.1. The van der Waals surface area contributed by atoms with E-state index < -0.39 is 0 Å². The standard InChI is InChI=1S/C27H27ClN6O3S2/c1-2-37-27(36)33-13-11-32(12-14-33)25(35)22-17-38-24(29-22)18-39-26-31-30-23(15-19-7-4-3-5-8-19)34(26)21-10-6-9-20(28)16-21/h3-10,16-17H,2,11-15,18H2,1H3. The Hall–Kier alpha value is -3.41. The van der Waals surface area contributed by atoms with Gasteiger partial charge in [-0.2, -0.15) is 0 Å². The number of piperazine rings is 1. The number of nitrogens with zero attached hydrogens (tertiary/aromatic N) is 6. The van der Waals surface area contributed by atoms with E-state index in [1.165, 1.54) is 23.1 Å². The van der Waals surface area contributed by atoms with Crippen molar-refractivity contribution in [2.45, 2.75) is 24.3 Å². The second-order valence-electron chi connectivity index (χ2n) is 8.77. The molecule has 2 aromatic carbocycles. The summed E-state index contributed by atoms with van der Waals surface area (Å²) >= 11 is 9.26. The van der Waals surface area contributed by atoms with Gasteiger partial charge in [-0.1, -0.05) is 59.8 Å². The van der Waals surface area contributed by atoms with Crippen LogP contribution >= 0.6 is 34.7 Å². The third-order valence-electron chi connectivity index (χ3n) is 6.16. The van der Waals surface area contributed by atoms with Gasteiger partial charge in [-0.15, -0.1) is 21.5 Å². The van der Waals surface area contributed by atoms with E-state index in [-0.39, 0.29) is 12.0 Å². The maximum atomic E-state index is 13.0. The first kappa shape index (κ1) is 27.2. The highest BCUT2D eigenvalue weighted by atomic mass is 35.5. The summed E-state index contributed by atoms with van der Waals surface area (Å²) in [6.45, 7) is 3.91. The summed E-state index contributed by atoms with van der Waals surface area (Å²) in [6.07, 6.45) is 0.287. The van der Waals surface area contributed by atoms with Crippen LogP contribution in [-0.4, -0.2) is 74.3 Å². The molecule has 1 aliphatic rings. The van der Waals surface area contributed by atoms with Gasteiger partial charge < -0.3 is 14.5 Å². The zero-order valence-electron chi connectivity index (χ0n) is 21.3. The summed E-state index contributed by atoms with van der Waals surface area (Å²) in [5, 5.41) is 12.9. The fraction of sp³-hybridized carbons (Fsp3) is 0.296. The van der Waals surface area contributed by atoms with Crippen molar-refractivity contribution >= 4 is 46.7 Å². The molecule has 0 bridgehead atoms. The highest BCUT2D eigenvalue weighted by molar-refractivity contribution is 7.98. The van der Waals surface area contributed by atoms with E-state index in [1.807, 2.05) is 47.0 Å². The van der Waals surface area contributed by atoms with Crippen molar-refractivity contribution in [3.8, 4) is 5.69 Å². The minimum absolute atomic E-state index is 0.127. The number of hydrogen-bond acceptors (Lipinski definition) is 8. The van der Waals surface area contributed by atoms with Gasteiger partial charge in [0.05, 0.1) is 18.0 Å². The predicted molar refractivity (Wildman–Crippen MR) is 152 cm³/mol. The van der Waals surface area contributed by atoms with E-state index in [2.05, 4.69) is 27.3 Å². The minimum atomic E-state index is -0.338. The largest absolute Gasteiger partial charge is 0.450 e. The third-order valence-corrected chi connectivity index (χ3v) is 8.37. The van der Waals surface area contributed by atoms with Gasteiger partial charge in [-0.3, -0.25) is 9.36 Å². The van der Waals surface area contributed by atoms with E-state index in [0.29, 0.717) is 55.7 Å². The lowest BCUT2D eigenvalue weighted by molar-refractivity contribution is 0.0566. The normalized spacial score (nSPS) is 13.5. The molecule has 4 aromatic rings. The Labute approximate surface area is 239 Å². The molecule has 0 unspecified atom stereocenters. The van der Waals surface area contributed by atoms with Crippen molar-refractivity contribution in [2.75, 3.05) is 32.8 Å². The van der Waals surface area contributed by atoms with E-state index in [4.69, 9.17) is 16.3 Å². The molecule has 0 N–H and O–H groups in total. The van der Waals surface area contributed by atoms with Gasteiger partial charge in [0.25, 0.3) is 5.91 Å². The molecular formula is C27H27ClN6O3S2. The molecule has 2 aromatic heterocycles. The average molecular weight is 583 g/mol. The van der Waals surface area contributed by atoms with Gasteiger partial charge in [0.15, 0.2) is 5.16 Å². The molecule has 1 fully saturated rings. The highest BCUT2D eigenvalue weighted by Crippen LogP contribution is 2.28. The zero-order chi connectivity index (χ0) is 27.2. The van der Waals surface area contributed by atoms with E-state index in [9.17, 15) is 9.59 Å². The Balaban J connectivity index is 1.26. The molecule has 39 heavy (non-hydrogen) atoms. The first-order valence-electron chi connectivity index (χ1n) is 12.5. The smallest absolute Gasteiger partial charge is 0.409 e. The summed E-state index contributed by atoms with van der Waals surface area (Å²) in [5.74, 6) is 1.22. The van der Waals surface area contributed by atoms with Crippen molar-refractivity contribution in [1.82, 2.24) is 29.5 Å². The molecule has 12 heteroatoms. The van der Waals surface area contributed by atoms with Crippen LogP contribution < -0.4 is 0 Å². The number of halogens is 1. The van der Waals surface area contributed by atoms with Gasteiger partial charge in [-0.05, 0) is 30.7 Å². The lowest BCUT2D eigenvalue weighted by Crippen LogP contribution is -2.50. The van der Waals surface area contributed by atoms with Gasteiger partial charge >= 0.3 is 6.09 Å². The van der Waals surface area contributed by atoms with Crippen LogP contribution in [0, 0.1) is 0 Å². The highest BCUT2D eigenvalue weighted by Gasteiger charge is 2.27. The second-order valence-corrected chi connectivity index (χ2v) is 11.1. The number of benzene rings is 2. The fourth-order valence-electron chi connectivity index (χ4n) is 4.23. The summed E-state index contributed by atoms with van der Waals surface area (Å²) in [7, 11) is 0. The SMILES string of the molecule is CCOC(=O)N1CCN(C(=O)c2csc(CSc3nnc(Cc4ccccc4)n3-c3cccc(Cl)c3)n2)CC1. The third kappa shape index (κ3) is 6.60. The quantitative estimate of drug-likeness (QED) is 0.264. The minimum Gasteiger partial charge on any atom is -0.450 e. The number of carbonyl (C=O) groups is 2. The number of amides is 2. The summed E-state index contributed by atoms with van der Waals surface area (Å²) in [5.41, 5.74) is 2.44. The Morgan fingerprint density at radius 2 is 1.79 bits per heavy atom. The van der Waals surface area contributed by atoms with Gasteiger partial charge in [-0.25, -0.2) is 9.78 Å². The number of carbonyl (C=O) groups excluding carboxylic acids is 2. The zero-order valence-corrected chi connectivity index (χ0v) is 23.7. The van der Waals surface area contributed by atoms with Gasteiger partial charge in [0.2, 0.25) is 0 Å². The van der Waals surface area contributed by atoms with Crippen LogP contribution in [0.2, 0.25) is 5.02 Å². The van der Waals surface area contributed by atoms with Crippen LogP contribution in [0.1, 0.15) is 33.8 Å².